The van der Waals surface area contributed by atoms with E-state index in [0.717, 1.165) is 11.1 Å². The Hall–Kier alpha value is -4.78. The van der Waals surface area contributed by atoms with Crippen LogP contribution in [0.3, 0.4) is 0 Å². The summed E-state index contributed by atoms with van der Waals surface area (Å²) in [5, 5.41) is 34.8. The van der Waals surface area contributed by atoms with E-state index in [4.69, 9.17) is 0 Å². The molecule has 0 aromatic heterocycles. The molecule has 0 radical (unpaired) electrons. The van der Waals surface area contributed by atoms with Crippen molar-refractivity contribution < 1.29 is 39.0 Å². The maximum Gasteiger partial charge on any atom is 0.326 e. The molecular formula is C42H63N5O8. The first-order valence-corrected chi connectivity index (χ1v) is 19.4. The number of carbonyl (C=O) groups excluding carboxylic acids is 5. The van der Waals surface area contributed by atoms with E-state index in [2.05, 4.69) is 26.6 Å². The molecule has 2 rings (SSSR count). The smallest absolute Gasteiger partial charge is 0.326 e. The molecule has 2 aromatic carbocycles. The number of benzene rings is 2. The van der Waals surface area contributed by atoms with Gasteiger partial charge in [0.2, 0.25) is 29.5 Å². The van der Waals surface area contributed by atoms with Gasteiger partial charge in [0.25, 0.3) is 0 Å². The molecule has 0 bridgehead atoms. The van der Waals surface area contributed by atoms with Crippen LogP contribution in [0.1, 0.15) is 92.2 Å². The number of hydrogen-bond donors (Lipinski definition) is 7. The van der Waals surface area contributed by atoms with Crippen molar-refractivity contribution in [2.24, 2.45) is 23.7 Å². The maximum absolute atomic E-state index is 13.9. The third-order valence-electron chi connectivity index (χ3n) is 9.63. The second kappa shape index (κ2) is 23.2. The molecule has 0 saturated carbocycles. The molecule has 7 N–H and O–H groups in total. The Kier molecular flexibility index (Phi) is 19.6. The Balaban J connectivity index is 2.25. The highest BCUT2D eigenvalue weighted by Crippen LogP contribution is 2.15. The molecule has 0 heterocycles. The molecule has 0 fully saturated rings. The van der Waals surface area contributed by atoms with Crippen LogP contribution in [0.2, 0.25) is 0 Å². The van der Waals surface area contributed by atoms with Gasteiger partial charge in [-0.15, -0.1) is 0 Å². The zero-order valence-electron chi connectivity index (χ0n) is 33.6. The summed E-state index contributed by atoms with van der Waals surface area (Å²) >= 11 is 0. The second-order valence-electron chi connectivity index (χ2n) is 15.6. The largest absolute Gasteiger partial charge is 0.480 e. The van der Waals surface area contributed by atoms with Gasteiger partial charge in [0.05, 0.1) is 25.0 Å². The van der Waals surface area contributed by atoms with Crippen molar-refractivity contribution in [3.8, 4) is 0 Å². The summed E-state index contributed by atoms with van der Waals surface area (Å²) in [6.45, 7) is 14.3. The van der Waals surface area contributed by atoms with Crippen molar-refractivity contribution in [3.05, 3.63) is 71.8 Å². The third-order valence-corrected chi connectivity index (χ3v) is 9.63. The highest BCUT2D eigenvalue weighted by molar-refractivity contribution is 5.93. The van der Waals surface area contributed by atoms with Crippen LogP contribution in [0.5, 0.6) is 0 Å². The molecule has 0 spiro atoms. The monoisotopic (exact) mass is 765 g/mol. The lowest BCUT2D eigenvalue weighted by Gasteiger charge is -2.30. The zero-order chi connectivity index (χ0) is 41.2. The number of aliphatic hydroxyl groups is 1. The minimum Gasteiger partial charge on any atom is -0.480 e. The van der Waals surface area contributed by atoms with Crippen molar-refractivity contribution >= 4 is 35.5 Å². The van der Waals surface area contributed by atoms with E-state index in [1.165, 1.54) is 0 Å². The van der Waals surface area contributed by atoms with Gasteiger partial charge >= 0.3 is 5.97 Å². The highest BCUT2D eigenvalue weighted by Gasteiger charge is 2.34. The average molecular weight is 766 g/mol. The number of amides is 5. The maximum atomic E-state index is 13.9. The zero-order valence-corrected chi connectivity index (χ0v) is 33.6. The lowest BCUT2D eigenvalue weighted by atomic mass is 9.95. The van der Waals surface area contributed by atoms with Crippen molar-refractivity contribution in [2.75, 3.05) is 0 Å². The molecule has 55 heavy (non-hydrogen) atoms. The standard InChI is InChI=1S/C42H63N5O8/c1-9-28(8)38(41(53)47-37(27(6)7)42(54)55)45-35(50)24-33(48)31(21-20-29-16-12-10-13-17-29)44-40(52)36(26(4)5)46-39(51)32(22-25(2)3)43-34(49)23-30-18-14-11-15-19-30/h10-19,25-28,31-33,36-38,48H,9,20-24H2,1-8H3,(H,43,49)(H,44,52)(H,45,50)(H,46,51)(H,47,53)(H,54,55)/t28-,31-,32-,33-,36-,37-,38-/m0/s1. The summed E-state index contributed by atoms with van der Waals surface area (Å²) in [4.78, 5) is 78.9. The molecule has 13 heteroatoms. The fraction of sp³-hybridized carbons (Fsp3) is 0.571. The van der Waals surface area contributed by atoms with E-state index >= 15 is 0 Å². The number of aryl methyl sites for hydroxylation is 1. The SMILES string of the molecule is CC[C@H](C)[C@H](NC(=O)C[C@H](O)[C@H](CCc1ccccc1)NC(=O)[C@@H](NC(=O)[C@H](CC(C)C)NC(=O)Cc1ccccc1)C(C)C)C(=O)N[C@H](C(=O)O)C(C)C. The Bertz CT molecular complexity index is 1530. The molecule has 7 atom stereocenters. The summed E-state index contributed by atoms with van der Waals surface area (Å²) < 4.78 is 0. The van der Waals surface area contributed by atoms with Gasteiger partial charge < -0.3 is 36.8 Å². The van der Waals surface area contributed by atoms with Gasteiger partial charge in [0.15, 0.2) is 0 Å². The van der Waals surface area contributed by atoms with E-state index in [9.17, 15) is 39.0 Å². The van der Waals surface area contributed by atoms with Crippen LogP contribution in [0, 0.1) is 23.7 Å². The predicted molar refractivity (Wildman–Crippen MR) is 211 cm³/mol. The molecule has 0 unspecified atom stereocenters. The van der Waals surface area contributed by atoms with Crippen molar-refractivity contribution in [1.29, 1.82) is 0 Å². The van der Waals surface area contributed by atoms with Crippen LogP contribution in [-0.2, 0) is 41.6 Å². The van der Waals surface area contributed by atoms with Gasteiger partial charge in [0.1, 0.15) is 24.2 Å². The van der Waals surface area contributed by atoms with Gasteiger partial charge in [-0.3, -0.25) is 24.0 Å². The summed E-state index contributed by atoms with van der Waals surface area (Å²) in [7, 11) is 0. The quantitative estimate of drug-likeness (QED) is 0.0890. The normalized spacial score (nSPS) is 15.2. The topological polar surface area (TPSA) is 203 Å². The fourth-order valence-electron chi connectivity index (χ4n) is 6.14. The van der Waals surface area contributed by atoms with E-state index in [1.807, 2.05) is 81.4 Å². The molecule has 0 aliphatic heterocycles. The van der Waals surface area contributed by atoms with Gasteiger partial charge in [-0.05, 0) is 54.1 Å². The number of aliphatic hydroxyl groups excluding tert-OH is 1. The molecule has 0 saturated heterocycles. The molecule has 2 aromatic rings. The van der Waals surface area contributed by atoms with Gasteiger partial charge in [0, 0.05) is 0 Å². The minimum atomic E-state index is -1.38. The third kappa shape index (κ3) is 16.2. The number of rotatable bonds is 23. The van der Waals surface area contributed by atoms with Gasteiger partial charge in [-0.2, -0.15) is 0 Å². The molecule has 304 valence electrons. The Morgan fingerprint density at radius 3 is 1.65 bits per heavy atom. The van der Waals surface area contributed by atoms with E-state index in [-0.39, 0.29) is 36.5 Å². The predicted octanol–water partition coefficient (Wildman–Crippen LogP) is 3.53. The van der Waals surface area contributed by atoms with Gasteiger partial charge in [-0.25, -0.2) is 4.79 Å². The first kappa shape index (κ1) is 46.4. The number of carboxylic acids is 1. The summed E-state index contributed by atoms with van der Waals surface area (Å²) in [6, 6.07) is 13.5. The van der Waals surface area contributed by atoms with Crippen LogP contribution in [0.4, 0.5) is 0 Å². The molecular weight excluding hydrogens is 702 g/mol. The fourth-order valence-corrected chi connectivity index (χ4v) is 6.14. The summed E-state index contributed by atoms with van der Waals surface area (Å²) in [5.74, 6) is -4.96. The molecule has 0 aliphatic rings. The van der Waals surface area contributed by atoms with Crippen LogP contribution >= 0.6 is 0 Å². The number of aliphatic carboxylic acids is 1. The Labute approximate surface area is 326 Å². The first-order chi connectivity index (χ1) is 25.9. The van der Waals surface area contributed by atoms with Crippen molar-refractivity contribution in [2.45, 2.75) is 130 Å². The first-order valence-electron chi connectivity index (χ1n) is 19.4. The van der Waals surface area contributed by atoms with E-state index in [1.54, 1.807) is 34.6 Å². The minimum absolute atomic E-state index is 0.0579. The van der Waals surface area contributed by atoms with E-state index in [0.29, 0.717) is 19.3 Å². The Morgan fingerprint density at radius 1 is 0.618 bits per heavy atom. The van der Waals surface area contributed by atoms with Crippen molar-refractivity contribution in [1.82, 2.24) is 26.6 Å². The Morgan fingerprint density at radius 2 is 1.15 bits per heavy atom. The average Bonchev–Trinajstić information content (AvgIpc) is 3.12. The molecule has 0 aliphatic carbocycles. The number of carboxylic acid groups (broad SMARTS) is 1. The number of carbonyl (C=O) groups is 6. The van der Waals surface area contributed by atoms with E-state index < -0.39 is 78.2 Å². The molecule has 5 amide bonds. The van der Waals surface area contributed by atoms with Crippen molar-refractivity contribution in [3.63, 3.8) is 0 Å². The lowest BCUT2D eigenvalue weighted by Crippen LogP contribution is -2.58. The van der Waals surface area contributed by atoms with Gasteiger partial charge in [-0.1, -0.05) is 122 Å². The van der Waals surface area contributed by atoms with Crippen LogP contribution in [-0.4, -0.2) is 82.0 Å². The van der Waals surface area contributed by atoms with Crippen LogP contribution in [0.15, 0.2) is 60.7 Å². The summed E-state index contributed by atoms with van der Waals surface area (Å²) in [6.07, 6.45) is -0.201. The second-order valence-corrected chi connectivity index (χ2v) is 15.6. The summed E-state index contributed by atoms with van der Waals surface area (Å²) in [5.41, 5.74) is 1.75. The number of hydrogen-bond acceptors (Lipinski definition) is 7. The lowest BCUT2D eigenvalue weighted by molar-refractivity contribution is -0.143. The van der Waals surface area contributed by atoms with Crippen LogP contribution in [0.25, 0.3) is 0 Å². The highest BCUT2D eigenvalue weighted by atomic mass is 16.4. The van der Waals surface area contributed by atoms with Crippen LogP contribution < -0.4 is 26.6 Å². The number of nitrogens with one attached hydrogen (secondary N) is 5. The molecule has 13 nitrogen and oxygen atoms in total.